The van der Waals surface area contributed by atoms with Gasteiger partial charge in [-0.15, -0.1) is 0 Å². The van der Waals surface area contributed by atoms with Gasteiger partial charge < -0.3 is 4.42 Å². The number of hydrogen-bond acceptors (Lipinski definition) is 4. The highest BCUT2D eigenvalue weighted by atomic mass is 32.2. The summed E-state index contributed by atoms with van der Waals surface area (Å²) in [6.07, 6.45) is -1.16. The molecular formula is C10H16F2N2O3S. The predicted molar refractivity (Wildman–Crippen MR) is 62.0 cm³/mol. The van der Waals surface area contributed by atoms with Crippen LogP contribution in [0.1, 0.15) is 0 Å². The molecule has 0 fully saturated rings. The van der Waals surface area contributed by atoms with Crippen LogP contribution in [0.25, 0.3) is 0 Å². The quantitative estimate of drug-likeness (QED) is 0.751. The minimum Gasteiger partial charge on any atom is -0.452 e. The van der Waals surface area contributed by atoms with Crippen LogP contribution in [0.2, 0.25) is 0 Å². The monoisotopic (exact) mass is 282 g/mol. The van der Waals surface area contributed by atoms with Gasteiger partial charge in [0, 0.05) is 20.1 Å². The first-order valence-electron chi connectivity index (χ1n) is 5.30. The van der Waals surface area contributed by atoms with Crippen molar-refractivity contribution < 1.29 is 21.6 Å². The normalized spacial score (nSPS) is 12.8. The second kappa shape index (κ2) is 6.26. The van der Waals surface area contributed by atoms with E-state index in [-0.39, 0.29) is 24.7 Å². The van der Waals surface area contributed by atoms with Crippen molar-refractivity contribution in [1.82, 2.24) is 9.21 Å². The summed E-state index contributed by atoms with van der Waals surface area (Å²) >= 11 is 0. The summed E-state index contributed by atoms with van der Waals surface area (Å²) in [7, 11) is -0.771. The van der Waals surface area contributed by atoms with E-state index in [2.05, 4.69) is 0 Å². The van der Waals surface area contributed by atoms with Gasteiger partial charge in [-0.3, -0.25) is 4.90 Å². The second-order valence-electron chi connectivity index (χ2n) is 3.91. The highest BCUT2D eigenvalue weighted by molar-refractivity contribution is 7.89. The Kier molecular flexibility index (Phi) is 5.24. The van der Waals surface area contributed by atoms with Crippen molar-refractivity contribution in [3.05, 3.63) is 18.4 Å². The van der Waals surface area contributed by atoms with Crippen molar-refractivity contribution in [2.45, 2.75) is 11.5 Å². The maximum atomic E-state index is 12.1. The van der Waals surface area contributed by atoms with E-state index in [4.69, 9.17) is 4.42 Å². The Morgan fingerprint density at radius 1 is 1.33 bits per heavy atom. The number of likely N-dealkylation sites (N-methyl/N-ethyl adjacent to an activating group) is 2. The van der Waals surface area contributed by atoms with Crippen molar-refractivity contribution >= 4 is 10.0 Å². The lowest BCUT2D eigenvalue weighted by molar-refractivity contribution is 0.0990. The molecule has 1 heterocycles. The van der Waals surface area contributed by atoms with Crippen LogP contribution in [0.5, 0.6) is 0 Å². The molecule has 0 saturated heterocycles. The highest BCUT2D eigenvalue weighted by Crippen LogP contribution is 2.14. The summed E-state index contributed by atoms with van der Waals surface area (Å²) in [5.74, 6) is 0. The van der Waals surface area contributed by atoms with E-state index in [1.165, 1.54) is 37.4 Å². The number of furan rings is 1. The van der Waals surface area contributed by atoms with Gasteiger partial charge in [0.25, 0.3) is 16.4 Å². The summed E-state index contributed by atoms with van der Waals surface area (Å²) in [5.41, 5.74) is 0. The van der Waals surface area contributed by atoms with Crippen molar-refractivity contribution in [2.75, 3.05) is 33.7 Å². The van der Waals surface area contributed by atoms with Gasteiger partial charge in [-0.05, 0) is 19.2 Å². The lowest BCUT2D eigenvalue weighted by Gasteiger charge is -2.20. The van der Waals surface area contributed by atoms with Crippen molar-refractivity contribution in [3.8, 4) is 0 Å². The zero-order valence-electron chi connectivity index (χ0n) is 10.2. The van der Waals surface area contributed by atoms with Crippen molar-refractivity contribution in [1.29, 1.82) is 0 Å². The minimum atomic E-state index is -3.67. The first-order chi connectivity index (χ1) is 8.34. The topological polar surface area (TPSA) is 53.8 Å². The molecule has 0 amide bonds. The molecule has 0 N–H and O–H groups in total. The minimum absolute atomic E-state index is 0.117. The standard InChI is InChI=1S/C10H16F2N2O3S/c1-13(8-9(11)12)5-6-14(2)18(15,16)10-4-3-7-17-10/h3-4,7,9H,5-6,8H2,1-2H3. The SMILES string of the molecule is CN(CCN(C)S(=O)(=O)c1ccco1)CC(F)F. The molecule has 1 aromatic rings. The Morgan fingerprint density at radius 3 is 2.50 bits per heavy atom. The summed E-state index contributed by atoms with van der Waals surface area (Å²) in [6, 6.07) is 2.82. The molecule has 0 aromatic carbocycles. The van der Waals surface area contributed by atoms with E-state index < -0.39 is 16.4 Å². The van der Waals surface area contributed by atoms with Gasteiger partial charge in [-0.25, -0.2) is 17.2 Å². The molecule has 0 aliphatic rings. The van der Waals surface area contributed by atoms with Crippen LogP contribution in [-0.2, 0) is 10.0 Å². The maximum absolute atomic E-state index is 12.1. The summed E-state index contributed by atoms with van der Waals surface area (Å²) < 4.78 is 53.8. The Bertz CT molecular complexity index is 448. The molecule has 1 rings (SSSR count). The molecule has 0 atom stereocenters. The lowest BCUT2D eigenvalue weighted by Crippen LogP contribution is -2.36. The zero-order valence-corrected chi connectivity index (χ0v) is 11.0. The Balaban J connectivity index is 2.53. The molecular weight excluding hydrogens is 266 g/mol. The van der Waals surface area contributed by atoms with Crippen LogP contribution in [0.3, 0.4) is 0 Å². The van der Waals surface area contributed by atoms with Gasteiger partial charge in [0.15, 0.2) is 0 Å². The maximum Gasteiger partial charge on any atom is 0.276 e. The average Bonchev–Trinajstić information content (AvgIpc) is 2.78. The molecule has 0 unspecified atom stereocenters. The van der Waals surface area contributed by atoms with Crippen LogP contribution in [0.4, 0.5) is 8.78 Å². The molecule has 0 aliphatic heterocycles. The van der Waals surface area contributed by atoms with Crippen LogP contribution in [-0.4, -0.2) is 57.8 Å². The van der Waals surface area contributed by atoms with Gasteiger partial charge >= 0.3 is 0 Å². The third-order valence-corrected chi connectivity index (χ3v) is 4.15. The Hall–Kier alpha value is -0.990. The van der Waals surface area contributed by atoms with Gasteiger partial charge in [-0.2, -0.15) is 4.31 Å². The van der Waals surface area contributed by atoms with E-state index in [0.717, 1.165) is 4.31 Å². The van der Waals surface area contributed by atoms with Crippen molar-refractivity contribution in [2.24, 2.45) is 0 Å². The van der Waals surface area contributed by atoms with E-state index in [9.17, 15) is 17.2 Å². The largest absolute Gasteiger partial charge is 0.452 e. The molecule has 5 nitrogen and oxygen atoms in total. The third-order valence-electron chi connectivity index (χ3n) is 2.41. The van der Waals surface area contributed by atoms with Crippen LogP contribution >= 0.6 is 0 Å². The molecule has 0 spiro atoms. The fraction of sp³-hybridized carbons (Fsp3) is 0.600. The number of hydrogen-bond donors (Lipinski definition) is 0. The molecule has 0 aliphatic carbocycles. The van der Waals surface area contributed by atoms with Gasteiger partial charge in [0.2, 0.25) is 5.09 Å². The van der Waals surface area contributed by atoms with Gasteiger partial charge in [0.1, 0.15) is 0 Å². The molecule has 18 heavy (non-hydrogen) atoms. The summed E-state index contributed by atoms with van der Waals surface area (Å²) in [4.78, 5) is 1.37. The Morgan fingerprint density at radius 2 is 2.00 bits per heavy atom. The average molecular weight is 282 g/mol. The number of nitrogens with zero attached hydrogens (tertiary/aromatic N) is 2. The summed E-state index contributed by atoms with van der Waals surface area (Å²) in [6.45, 7) is -0.0400. The van der Waals surface area contributed by atoms with Crippen molar-refractivity contribution in [3.63, 3.8) is 0 Å². The van der Waals surface area contributed by atoms with Crippen LogP contribution in [0.15, 0.2) is 27.9 Å². The highest BCUT2D eigenvalue weighted by Gasteiger charge is 2.23. The van der Waals surface area contributed by atoms with Crippen LogP contribution in [0, 0.1) is 0 Å². The third kappa shape index (κ3) is 4.04. The van der Waals surface area contributed by atoms with Gasteiger partial charge in [-0.1, -0.05) is 0 Å². The second-order valence-corrected chi connectivity index (χ2v) is 5.89. The smallest absolute Gasteiger partial charge is 0.276 e. The molecule has 0 saturated carbocycles. The first-order valence-corrected chi connectivity index (χ1v) is 6.74. The van der Waals surface area contributed by atoms with E-state index in [0.29, 0.717) is 0 Å². The molecule has 8 heteroatoms. The van der Waals surface area contributed by atoms with E-state index in [1.807, 2.05) is 0 Å². The molecule has 104 valence electrons. The van der Waals surface area contributed by atoms with E-state index in [1.54, 1.807) is 0 Å². The molecule has 0 bridgehead atoms. The van der Waals surface area contributed by atoms with E-state index >= 15 is 0 Å². The molecule has 1 aromatic heterocycles. The fourth-order valence-electron chi connectivity index (χ4n) is 1.32. The first kappa shape index (κ1) is 15.1. The Labute approximate surface area is 105 Å². The fourth-order valence-corrected chi connectivity index (χ4v) is 2.38. The van der Waals surface area contributed by atoms with Crippen LogP contribution < -0.4 is 0 Å². The lowest BCUT2D eigenvalue weighted by atomic mass is 10.5. The summed E-state index contributed by atoms with van der Waals surface area (Å²) in [5, 5.41) is -0.151. The number of rotatable bonds is 7. The predicted octanol–water partition coefficient (Wildman–Crippen LogP) is 1.10. The van der Waals surface area contributed by atoms with Gasteiger partial charge in [0.05, 0.1) is 12.8 Å². The number of alkyl halides is 2. The number of sulfonamides is 1. The molecule has 0 radical (unpaired) electrons. The number of halogens is 2. The zero-order chi connectivity index (χ0) is 13.8.